The predicted octanol–water partition coefficient (Wildman–Crippen LogP) is 3.31. The minimum Gasteiger partial charge on any atom is -0.481 e. The highest BCUT2D eigenvalue weighted by Crippen LogP contribution is 2.26. The lowest BCUT2D eigenvalue weighted by molar-refractivity contribution is 0.403. The lowest BCUT2D eigenvalue weighted by Crippen LogP contribution is -1.90. The van der Waals surface area contributed by atoms with Crippen molar-refractivity contribution in [2.45, 2.75) is 0 Å². The Labute approximate surface area is 105 Å². The van der Waals surface area contributed by atoms with Crippen LogP contribution in [-0.2, 0) is 0 Å². The van der Waals surface area contributed by atoms with Gasteiger partial charge in [-0.3, -0.25) is 4.98 Å². The van der Waals surface area contributed by atoms with Gasteiger partial charge in [-0.15, -0.1) is 0 Å². The molecule has 0 atom stereocenters. The first kappa shape index (κ1) is 10.7. The Kier molecular flexibility index (Phi) is 2.65. The van der Waals surface area contributed by atoms with Crippen molar-refractivity contribution in [3.63, 3.8) is 0 Å². The summed E-state index contributed by atoms with van der Waals surface area (Å²) in [5.41, 5.74) is 2.06. The predicted molar refractivity (Wildman–Crippen MR) is 71.5 cm³/mol. The van der Waals surface area contributed by atoms with Gasteiger partial charge in [-0.05, 0) is 17.5 Å². The van der Waals surface area contributed by atoms with E-state index in [0.29, 0.717) is 5.88 Å². The highest BCUT2D eigenvalue weighted by molar-refractivity contribution is 5.88. The number of rotatable bonds is 2. The SMILES string of the molecule is COc1nccc2cc(-c3ccccc3)ncc12. The molecule has 0 fully saturated rings. The third-order valence-corrected chi connectivity index (χ3v) is 2.88. The average Bonchev–Trinajstić information content (AvgIpc) is 2.47. The van der Waals surface area contributed by atoms with Crippen LogP contribution in [0.15, 0.2) is 54.9 Å². The molecule has 2 aromatic heterocycles. The minimum absolute atomic E-state index is 0.611. The van der Waals surface area contributed by atoms with E-state index in [4.69, 9.17) is 4.74 Å². The molecule has 0 spiro atoms. The summed E-state index contributed by atoms with van der Waals surface area (Å²) in [6, 6.07) is 14.1. The van der Waals surface area contributed by atoms with Gasteiger partial charge in [-0.2, -0.15) is 0 Å². The Hall–Kier alpha value is -2.42. The number of benzene rings is 1. The molecule has 0 N–H and O–H groups in total. The van der Waals surface area contributed by atoms with E-state index < -0.39 is 0 Å². The fraction of sp³-hybridized carbons (Fsp3) is 0.0667. The molecule has 0 aliphatic rings. The molecule has 1 aromatic carbocycles. The van der Waals surface area contributed by atoms with Gasteiger partial charge in [0, 0.05) is 18.0 Å². The first-order valence-electron chi connectivity index (χ1n) is 5.72. The maximum Gasteiger partial charge on any atom is 0.222 e. The van der Waals surface area contributed by atoms with Crippen molar-refractivity contribution in [2.75, 3.05) is 7.11 Å². The monoisotopic (exact) mass is 236 g/mol. The molecule has 0 amide bonds. The van der Waals surface area contributed by atoms with Crippen molar-refractivity contribution in [1.29, 1.82) is 0 Å². The number of hydrogen-bond donors (Lipinski definition) is 0. The molecule has 0 saturated carbocycles. The Balaban J connectivity index is 2.18. The summed E-state index contributed by atoms with van der Waals surface area (Å²) in [5.74, 6) is 0.611. The lowest BCUT2D eigenvalue weighted by Gasteiger charge is -2.05. The van der Waals surface area contributed by atoms with E-state index in [1.54, 1.807) is 13.3 Å². The molecule has 88 valence electrons. The molecule has 3 nitrogen and oxygen atoms in total. The molecule has 2 heterocycles. The number of pyridine rings is 2. The molecule has 0 bridgehead atoms. The number of methoxy groups -OCH3 is 1. The van der Waals surface area contributed by atoms with Crippen molar-refractivity contribution < 1.29 is 4.74 Å². The van der Waals surface area contributed by atoms with Crippen molar-refractivity contribution in [3.8, 4) is 17.1 Å². The molecule has 3 rings (SSSR count). The summed E-state index contributed by atoms with van der Waals surface area (Å²) < 4.78 is 5.22. The summed E-state index contributed by atoms with van der Waals surface area (Å²) in [5, 5.41) is 2.01. The minimum atomic E-state index is 0.611. The van der Waals surface area contributed by atoms with Crippen LogP contribution in [-0.4, -0.2) is 17.1 Å². The van der Waals surface area contributed by atoms with Gasteiger partial charge in [0.15, 0.2) is 0 Å². The topological polar surface area (TPSA) is 35.0 Å². The Morgan fingerprint density at radius 3 is 2.61 bits per heavy atom. The van der Waals surface area contributed by atoms with Gasteiger partial charge in [-0.25, -0.2) is 4.98 Å². The molecular formula is C15H12N2O. The first-order chi connectivity index (χ1) is 8.88. The summed E-state index contributed by atoms with van der Waals surface area (Å²) >= 11 is 0. The molecule has 0 saturated heterocycles. The zero-order valence-electron chi connectivity index (χ0n) is 10.00. The summed E-state index contributed by atoms with van der Waals surface area (Å²) in [6.45, 7) is 0. The van der Waals surface area contributed by atoms with Crippen LogP contribution in [0.2, 0.25) is 0 Å². The third kappa shape index (κ3) is 1.80. The van der Waals surface area contributed by atoms with E-state index in [-0.39, 0.29) is 0 Å². The Morgan fingerprint density at radius 2 is 1.83 bits per heavy atom. The number of hydrogen-bond acceptors (Lipinski definition) is 3. The molecule has 0 unspecified atom stereocenters. The number of nitrogens with zero attached hydrogens (tertiary/aromatic N) is 2. The first-order valence-corrected chi connectivity index (χ1v) is 5.72. The molecular weight excluding hydrogens is 224 g/mol. The van der Waals surface area contributed by atoms with Crippen LogP contribution in [0.4, 0.5) is 0 Å². The zero-order valence-corrected chi connectivity index (χ0v) is 10.00. The van der Waals surface area contributed by atoms with Crippen LogP contribution in [0.1, 0.15) is 0 Å². The van der Waals surface area contributed by atoms with Crippen molar-refractivity contribution in [3.05, 3.63) is 54.9 Å². The molecule has 0 radical (unpaired) electrons. The van der Waals surface area contributed by atoms with E-state index in [0.717, 1.165) is 22.0 Å². The van der Waals surface area contributed by atoms with Crippen LogP contribution >= 0.6 is 0 Å². The van der Waals surface area contributed by atoms with Crippen LogP contribution in [0.5, 0.6) is 5.88 Å². The smallest absolute Gasteiger partial charge is 0.222 e. The van der Waals surface area contributed by atoms with Gasteiger partial charge < -0.3 is 4.74 Å². The van der Waals surface area contributed by atoms with Gasteiger partial charge in [0.05, 0.1) is 18.2 Å². The maximum atomic E-state index is 5.22. The second kappa shape index (κ2) is 4.45. The molecule has 0 aliphatic carbocycles. The summed E-state index contributed by atoms with van der Waals surface area (Å²) in [4.78, 5) is 8.63. The van der Waals surface area contributed by atoms with Gasteiger partial charge >= 0.3 is 0 Å². The van der Waals surface area contributed by atoms with E-state index in [1.165, 1.54) is 0 Å². The lowest BCUT2D eigenvalue weighted by atomic mass is 10.1. The quantitative estimate of drug-likeness (QED) is 0.684. The normalized spacial score (nSPS) is 10.5. The van der Waals surface area contributed by atoms with Gasteiger partial charge in [0.1, 0.15) is 0 Å². The third-order valence-electron chi connectivity index (χ3n) is 2.88. The highest BCUT2D eigenvalue weighted by Gasteiger charge is 2.05. The van der Waals surface area contributed by atoms with Crippen molar-refractivity contribution in [1.82, 2.24) is 9.97 Å². The fourth-order valence-corrected chi connectivity index (χ4v) is 1.97. The van der Waals surface area contributed by atoms with E-state index in [9.17, 15) is 0 Å². The van der Waals surface area contributed by atoms with Crippen LogP contribution in [0, 0.1) is 0 Å². The van der Waals surface area contributed by atoms with E-state index >= 15 is 0 Å². The molecule has 0 aliphatic heterocycles. The second-order valence-electron chi connectivity index (χ2n) is 3.98. The highest BCUT2D eigenvalue weighted by atomic mass is 16.5. The average molecular weight is 236 g/mol. The van der Waals surface area contributed by atoms with Crippen LogP contribution < -0.4 is 4.74 Å². The molecule has 18 heavy (non-hydrogen) atoms. The van der Waals surface area contributed by atoms with Gasteiger partial charge in [-0.1, -0.05) is 30.3 Å². The van der Waals surface area contributed by atoms with Gasteiger partial charge in [0.25, 0.3) is 0 Å². The number of aromatic nitrogens is 2. The number of ether oxygens (including phenoxy) is 1. The largest absolute Gasteiger partial charge is 0.481 e. The van der Waals surface area contributed by atoms with E-state index in [2.05, 4.69) is 16.0 Å². The molecule has 3 aromatic rings. The zero-order chi connectivity index (χ0) is 12.4. The van der Waals surface area contributed by atoms with Gasteiger partial charge in [0.2, 0.25) is 5.88 Å². The molecule has 3 heteroatoms. The second-order valence-corrected chi connectivity index (χ2v) is 3.98. The fourth-order valence-electron chi connectivity index (χ4n) is 1.97. The van der Waals surface area contributed by atoms with Crippen molar-refractivity contribution >= 4 is 10.8 Å². The number of fused-ring (bicyclic) bond motifs is 1. The standard InChI is InChI=1S/C15H12N2O/c1-18-15-13-10-17-14(9-12(13)7-8-16-15)11-5-3-2-4-6-11/h2-10H,1H3. The Morgan fingerprint density at radius 1 is 1.00 bits per heavy atom. The van der Waals surface area contributed by atoms with Crippen LogP contribution in [0.25, 0.3) is 22.0 Å². The van der Waals surface area contributed by atoms with Crippen molar-refractivity contribution in [2.24, 2.45) is 0 Å². The van der Waals surface area contributed by atoms with Crippen LogP contribution in [0.3, 0.4) is 0 Å². The Bertz CT molecular complexity index is 680. The maximum absolute atomic E-state index is 5.22. The summed E-state index contributed by atoms with van der Waals surface area (Å²) in [6.07, 6.45) is 3.56. The van der Waals surface area contributed by atoms with E-state index in [1.807, 2.05) is 42.6 Å². The summed E-state index contributed by atoms with van der Waals surface area (Å²) in [7, 11) is 1.62.